The number of hydrogen-bond donors (Lipinski definition) is 2. The number of nitrogens with one attached hydrogen (secondary N) is 2. The number of H-pyrrole nitrogens is 1. The number of rotatable bonds is 8. The fourth-order valence-electron chi connectivity index (χ4n) is 5.76. The van der Waals surface area contributed by atoms with Crippen molar-refractivity contribution in [2.24, 2.45) is 0 Å². The second-order valence-corrected chi connectivity index (χ2v) is 11.6. The lowest BCUT2D eigenvalue weighted by atomic mass is 9.96. The number of nitrogens with zero attached hydrogens (tertiary/aromatic N) is 7. The third kappa shape index (κ3) is 5.76. The summed E-state index contributed by atoms with van der Waals surface area (Å²) in [5.41, 5.74) is 4.88. The lowest BCUT2D eigenvalue weighted by molar-refractivity contribution is -0.127. The molecule has 3 aromatic heterocycles. The molecule has 2 aliphatic heterocycles. The molecule has 1 aromatic carbocycles. The number of fused-ring (bicyclic) bond motifs is 2. The van der Waals surface area contributed by atoms with E-state index < -0.39 is 0 Å². The van der Waals surface area contributed by atoms with Gasteiger partial charge in [0.2, 0.25) is 11.9 Å². The zero-order valence-corrected chi connectivity index (χ0v) is 24.1. The first-order valence-corrected chi connectivity index (χ1v) is 14.6. The van der Waals surface area contributed by atoms with Crippen LogP contribution in [0.3, 0.4) is 0 Å². The minimum atomic E-state index is 0.00204. The molecule has 11 heteroatoms. The van der Waals surface area contributed by atoms with E-state index in [2.05, 4.69) is 66.0 Å². The van der Waals surface area contributed by atoms with Crippen molar-refractivity contribution in [2.75, 3.05) is 38.5 Å². The minimum Gasteiger partial charge on any atom is -0.460 e. The predicted octanol–water partition coefficient (Wildman–Crippen LogP) is 4.10. The van der Waals surface area contributed by atoms with Gasteiger partial charge in [-0.15, -0.1) is 0 Å². The van der Waals surface area contributed by atoms with Gasteiger partial charge in [-0.1, -0.05) is 26.5 Å². The van der Waals surface area contributed by atoms with Gasteiger partial charge in [0, 0.05) is 44.2 Å². The molecule has 0 aliphatic carbocycles. The second kappa shape index (κ2) is 11.5. The van der Waals surface area contributed by atoms with Gasteiger partial charge in [-0.05, 0) is 62.4 Å². The molecule has 0 unspecified atom stereocenters. The maximum Gasteiger partial charge on any atom is 0.322 e. The van der Waals surface area contributed by atoms with Gasteiger partial charge >= 0.3 is 6.01 Å². The second-order valence-electron chi connectivity index (χ2n) is 11.6. The number of carbonyl (C=O) groups excluding carboxylic acids is 1. The summed E-state index contributed by atoms with van der Waals surface area (Å²) in [6, 6.07) is 6.66. The highest BCUT2D eigenvalue weighted by Gasteiger charge is 2.25. The maximum atomic E-state index is 11.9. The van der Waals surface area contributed by atoms with Gasteiger partial charge in [0.1, 0.15) is 11.9 Å². The summed E-state index contributed by atoms with van der Waals surface area (Å²) >= 11 is 0. The first-order chi connectivity index (χ1) is 19.9. The van der Waals surface area contributed by atoms with Gasteiger partial charge < -0.3 is 24.8 Å². The smallest absolute Gasteiger partial charge is 0.322 e. The third-order valence-corrected chi connectivity index (χ3v) is 8.32. The molecule has 5 heterocycles. The van der Waals surface area contributed by atoms with Crippen LogP contribution in [-0.4, -0.2) is 84.6 Å². The third-order valence-electron chi connectivity index (χ3n) is 8.32. The highest BCUT2D eigenvalue weighted by atomic mass is 16.5. The zero-order chi connectivity index (χ0) is 28.5. The Balaban J connectivity index is 1.19. The first-order valence-electron chi connectivity index (χ1n) is 14.6. The average Bonchev–Trinajstić information content (AvgIpc) is 3.61. The van der Waals surface area contributed by atoms with Crippen LogP contribution in [0.5, 0.6) is 6.01 Å². The summed E-state index contributed by atoms with van der Waals surface area (Å²) in [6.07, 6.45) is 7.07. The van der Waals surface area contributed by atoms with E-state index in [0.29, 0.717) is 24.4 Å². The molecule has 0 spiro atoms. The molecule has 1 amide bonds. The molecule has 11 nitrogen and oxygen atoms in total. The van der Waals surface area contributed by atoms with E-state index in [4.69, 9.17) is 19.7 Å². The summed E-state index contributed by atoms with van der Waals surface area (Å²) in [4.78, 5) is 34.0. The van der Waals surface area contributed by atoms with Gasteiger partial charge in [0.15, 0.2) is 5.65 Å². The highest BCUT2D eigenvalue weighted by Crippen LogP contribution is 2.29. The summed E-state index contributed by atoms with van der Waals surface area (Å²) in [7, 11) is 2.14. The number of aromatic amines is 1. The van der Waals surface area contributed by atoms with Crippen LogP contribution in [0, 0.1) is 0 Å². The maximum absolute atomic E-state index is 11.9. The topological polar surface area (TPSA) is 117 Å². The fourth-order valence-corrected chi connectivity index (χ4v) is 5.76. The molecule has 6 rings (SSSR count). The largest absolute Gasteiger partial charge is 0.460 e. The number of anilines is 1. The van der Waals surface area contributed by atoms with Gasteiger partial charge in [0.25, 0.3) is 0 Å². The van der Waals surface area contributed by atoms with Crippen LogP contribution < -0.4 is 10.1 Å². The Bertz CT molecular complexity index is 1540. The number of imidazole rings is 1. The Labute approximate surface area is 240 Å². The Morgan fingerprint density at radius 3 is 2.66 bits per heavy atom. The van der Waals surface area contributed by atoms with Crippen molar-refractivity contribution in [2.45, 2.75) is 64.0 Å². The highest BCUT2D eigenvalue weighted by molar-refractivity contribution is 5.87. The van der Waals surface area contributed by atoms with Crippen LogP contribution in [0.1, 0.15) is 68.3 Å². The minimum absolute atomic E-state index is 0.00204. The van der Waals surface area contributed by atoms with Crippen LogP contribution >= 0.6 is 0 Å². The molecular weight excluding hydrogens is 518 g/mol. The lowest BCUT2D eigenvalue weighted by Crippen LogP contribution is -2.37. The molecule has 2 aliphatic rings. The van der Waals surface area contributed by atoms with Crippen molar-refractivity contribution < 1.29 is 9.53 Å². The van der Waals surface area contributed by atoms with E-state index in [-0.39, 0.29) is 17.9 Å². The summed E-state index contributed by atoms with van der Waals surface area (Å²) in [6.45, 7) is 11.9. The quantitative estimate of drug-likeness (QED) is 0.311. The van der Waals surface area contributed by atoms with E-state index in [0.717, 1.165) is 85.5 Å². The van der Waals surface area contributed by atoms with E-state index in [9.17, 15) is 4.79 Å². The molecule has 4 aromatic rings. The SMILES string of the molecule is C=CC(=O)N1CCC(c2nc3ccc(CNc4nc(OC5CCN(C)CC5)nc5c(C(C)C)cnn45)cc3[nH]2)CC1. The van der Waals surface area contributed by atoms with Gasteiger partial charge in [0.05, 0.1) is 17.2 Å². The van der Waals surface area contributed by atoms with Crippen LogP contribution in [0.15, 0.2) is 37.1 Å². The van der Waals surface area contributed by atoms with Crippen molar-refractivity contribution in [1.82, 2.24) is 39.3 Å². The number of aromatic nitrogens is 6. The van der Waals surface area contributed by atoms with Crippen molar-refractivity contribution >= 4 is 28.5 Å². The fraction of sp³-hybridized carbons (Fsp3) is 0.500. The normalized spacial score (nSPS) is 17.5. The molecule has 0 atom stereocenters. The zero-order valence-electron chi connectivity index (χ0n) is 24.1. The Morgan fingerprint density at radius 1 is 1.15 bits per heavy atom. The summed E-state index contributed by atoms with van der Waals surface area (Å²) in [5, 5.41) is 8.08. The molecule has 2 N–H and O–H groups in total. The molecule has 2 fully saturated rings. The summed E-state index contributed by atoms with van der Waals surface area (Å²) in [5.74, 6) is 2.18. The average molecular weight is 558 g/mol. The van der Waals surface area contributed by atoms with Crippen molar-refractivity contribution in [3.63, 3.8) is 0 Å². The number of carbonyl (C=O) groups is 1. The lowest BCUT2D eigenvalue weighted by Gasteiger charge is -2.30. The number of amides is 1. The molecular formula is C30H39N9O2. The van der Waals surface area contributed by atoms with Crippen molar-refractivity contribution in [3.8, 4) is 6.01 Å². The number of hydrogen-bond acceptors (Lipinski definition) is 8. The Hall–Kier alpha value is -3.99. The standard InChI is InChI=1S/C30H39N9O2/c1-5-26(40)38-14-8-21(9-15-38)27-33-24-7-6-20(16-25(24)34-27)17-31-29-36-30(41-22-10-12-37(4)13-11-22)35-28-23(19(2)3)18-32-39(28)29/h5-7,16,18-19,21-22H,1,8-15,17H2,2-4H3,(H,33,34)(H,31,35,36). The van der Waals surface area contributed by atoms with Crippen molar-refractivity contribution in [3.05, 3.63) is 54.0 Å². The van der Waals surface area contributed by atoms with Crippen LogP contribution in [0.2, 0.25) is 0 Å². The molecule has 0 saturated carbocycles. The van der Waals surface area contributed by atoms with Gasteiger partial charge in [-0.3, -0.25) is 4.79 Å². The van der Waals surface area contributed by atoms with E-state index >= 15 is 0 Å². The van der Waals surface area contributed by atoms with Crippen molar-refractivity contribution in [1.29, 1.82) is 0 Å². The summed E-state index contributed by atoms with van der Waals surface area (Å²) < 4.78 is 8.05. The van der Waals surface area contributed by atoms with E-state index in [1.807, 2.05) is 11.1 Å². The molecule has 0 radical (unpaired) electrons. The van der Waals surface area contributed by atoms with Crippen LogP contribution in [-0.2, 0) is 11.3 Å². The van der Waals surface area contributed by atoms with Crippen LogP contribution in [0.4, 0.5) is 5.95 Å². The van der Waals surface area contributed by atoms with Gasteiger partial charge in [-0.2, -0.15) is 19.6 Å². The van der Waals surface area contributed by atoms with E-state index in [1.54, 1.807) is 4.52 Å². The number of piperidine rings is 2. The Morgan fingerprint density at radius 2 is 1.93 bits per heavy atom. The monoisotopic (exact) mass is 557 g/mol. The van der Waals surface area contributed by atoms with Gasteiger partial charge in [-0.25, -0.2) is 4.98 Å². The first kappa shape index (κ1) is 27.2. The molecule has 216 valence electrons. The molecule has 2 saturated heterocycles. The Kier molecular flexibility index (Phi) is 7.61. The number of likely N-dealkylation sites (tertiary alicyclic amines) is 2. The molecule has 41 heavy (non-hydrogen) atoms. The predicted molar refractivity (Wildman–Crippen MR) is 158 cm³/mol. The van der Waals surface area contributed by atoms with Crippen LogP contribution in [0.25, 0.3) is 16.7 Å². The number of ether oxygens (including phenoxy) is 1. The van der Waals surface area contributed by atoms with E-state index in [1.165, 1.54) is 6.08 Å². The molecule has 0 bridgehead atoms. The number of benzene rings is 1.